The molecule has 0 fully saturated rings. The number of rotatable bonds is 5. The van der Waals surface area contributed by atoms with E-state index in [1.54, 1.807) is 0 Å². The summed E-state index contributed by atoms with van der Waals surface area (Å²) in [5.74, 6) is 1.97. The minimum atomic E-state index is 0.416. The molecular formula is C18H22N2O. The van der Waals surface area contributed by atoms with Crippen LogP contribution in [0, 0.1) is 0 Å². The summed E-state index contributed by atoms with van der Waals surface area (Å²) < 4.78 is 5.94. The second kappa shape index (κ2) is 6.17. The van der Waals surface area contributed by atoms with Crippen LogP contribution in [-0.4, -0.2) is 25.0 Å². The first-order valence-corrected chi connectivity index (χ1v) is 7.75. The van der Waals surface area contributed by atoms with Crippen LogP contribution in [0.5, 0.6) is 5.75 Å². The molecule has 0 saturated heterocycles. The Morgan fingerprint density at radius 1 is 1.19 bits per heavy atom. The second-order valence-electron chi connectivity index (χ2n) is 5.59. The number of amidine groups is 1. The van der Waals surface area contributed by atoms with E-state index >= 15 is 0 Å². The van der Waals surface area contributed by atoms with Gasteiger partial charge >= 0.3 is 0 Å². The topological polar surface area (TPSA) is 33.6 Å². The predicted octanol–water partition coefficient (Wildman–Crippen LogP) is 3.76. The molecule has 1 aliphatic heterocycles. The van der Waals surface area contributed by atoms with Gasteiger partial charge in [-0.15, -0.1) is 0 Å². The zero-order valence-electron chi connectivity index (χ0n) is 12.7. The van der Waals surface area contributed by atoms with Gasteiger partial charge in [-0.2, -0.15) is 0 Å². The largest absolute Gasteiger partial charge is 0.493 e. The van der Waals surface area contributed by atoms with E-state index in [0.717, 1.165) is 48.5 Å². The molecule has 2 aromatic rings. The molecule has 3 rings (SSSR count). The number of nitrogens with one attached hydrogen (secondary N) is 1. The molecule has 3 nitrogen and oxygen atoms in total. The number of benzene rings is 2. The van der Waals surface area contributed by atoms with E-state index in [1.165, 1.54) is 5.39 Å². The van der Waals surface area contributed by atoms with E-state index in [1.807, 2.05) is 0 Å². The zero-order chi connectivity index (χ0) is 14.7. The normalized spacial score (nSPS) is 17.6. The SMILES string of the molecule is CCCCOc1ccc(C2=NC[C@@H](C)N2)c2ccccc12. The van der Waals surface area contributed by atoms with Crippen LogP contribution in [0.3, 0.4) is 0 Å². The number of nitrogens with zero attached hydrogens (tertiary/aromatic N) is 1. The highest BCUT2D eigenvalue weighted by Gasteiger charge is 2.17. The Morgan fingerprint density at radius 3 is 2.71 bits per heavy atom. The lowest BCUT2D eigenvalue weighted by atomic mass is 10.0. The van der Waals surface area contributed by atoms with Crippen molar-refractivity contribution in [1.82, 2.24) is 5.32 Å². The molecule has 21 heavy (non-hydrogen) atoms. The van der Waals surface area contributed by atoms with Gasteiger partial charge < -0.3 is 10.1 Å². The second-order valence-corrected chi connectivity index (χ2v) is 5.59. The first kappa shape index (κ1) is 13.9. The van der Waals surface area contributed by atoms with Crippen molar-refractivity contribution in [3.63, 3.8) is 0 Å². The first-order chi connectivity index (χ1) is 10.3. The highest BCUT2D eigenvalue weighted by molar-refractivity contribution is 6.11. The lowest BCUT2D eigenvalue weighted by Gasteiger charge is -2.13. The Bertz CT molecular complexity index is 663. The van der Waals surface area contributed by atoms with Crippen molar-refractivity contribution >= 4 is 16.6 Å². The number of aliphatic imine (C=N–C) groups is 1. The summed E-state index contributed by atoms with van der Waals surface area (Å²) in [4.78, 5) is 4.61. The number of fused-ring (bicyclic) bond motifs is 1. The van der Waals surface area contributed by atoms with Crippen molar-refractivity contribution in [3.8, 4) is 5.75 Å². The van der Waals surface area contributed by atoms with Gasteiger partial charge in [-0.3, -0.25) is 4.99 Å². The maximum atomic E-state index is 5.94. The molecule has 110 valence electrons. The van der Waals surface area contributed by atoms with Crippen molar-refractivity contribution in [3.05, 3.63) is 42.0 Å². The third-order valence-corrected chi connectivity index (χ3v) is 3.80. The standard InChI is InChI=1S/C18H22N2O/c1-3-4-11-21-17-10-9-16(18-19-12-13(2)20-18)14-7-5-6-8-15(14)17/h5-10,13H,3-4,11-12H2,1-2H3,(H,19,20)/t13-/m1/s1. The molecule has 0 saturated carbocycles. The summed E-state index contributed by atoms with van der Waals surface area (Å²) in [5.41, 5.74) is 1.16. The Labute approximate surface area is 126 Å². The summed E-state index contributed by atoms with van der Waals surface area (Å²) in [6.45, 7) is 5.95. The molecular weight excluding hydrogens is 260 g/mol. The van der Waals surface area contributed by atoms with Gasteiger partial charge in [-0.25, -0.2) is 0 Å². The van der Waals surface area contributed by atoms with Gasteiger partial charge in [-0.1, -0.05) is 37.6 Å². The van der Waals surface area contributed by atoms with Crippen molar-refractivity contribution in [2.24, 2.45) is 4.99 Å². The maximum Gasteiger partial charge on any atom is 0.129 e. The fourth-order valence-corrected chi connectivity index (χ4v) is 2.65. The van der Waals surface area contributed by atoms with Crippen molar-refractivity contribution in [2.45, 2.75) is 32.7 Å². The molecule has 2 aromatic carbocycles. The van der Waals surface area contributed by atoms with Crippen LogP contribution in [0.25, 0.3) is 10.8 Å². The number of hydrogen-bond donors (Lipinski definition) is 1. The van der Waals surface area contributed by atoms with E-state index < -0.39 is 0 Å². The average molecular weight is 282 g/mol. The molecule has 1 aliphatic rings. The Morgan fingerprint density at radius 2 is 2.00 bits per heavy atom. The molecule has 0 amide bonds. The van der Waals surface area contributed by atoms with Crippen LogP contribution in [0.15, 0.2) is 41.4 Å². The minimum Gasteiger partial charge on any atom is -0.493 e. The van der Waals surface area contributed by atoms with Gasteiger partial charge in [0.05, 0.1) is 13.2 Å². The number of unbranched alkanes of at least 4 members (excludes halogenated alkanes) is 1. The Hall–Kier alpha value is -2.03. The van der Waals surface area contributed by atoms with Crippen LogP contribution in [-0.2, 0) is 0 Å². The van der Waals surface area contributed by atoms with Crippen molar-refractivity contribution in [2.75, 3.05) is 13.2 Å². The van der Waals surface area contributed by atoms with E-state index in [9.17, 15) is 0 Å². The summed E-state index contributed by atoms with van der Waals surface area (Å²) in [7, 11) is 0. The first-order valence-electron chi connectivity index (χ1n) is 7.75. The van der Waals surface area contributed by atoms with E-state index in [4.69, 9.17) is 4.74 Å². The van der Waals surface area contributed by atoms with Crippen LogP contribution >= 0.6 is 0 Å². The fraction of sp³-hybridized carbons (Fsp3) is 0.389. The molecule has 0 aliphatic carbocycles. The maximum absolute atomic E-state index is 5.94. The highest BCUT2D eigenvalue weighted by Crippen LogP contribution is 2.29. The molecule has 0 radical (unpaired) electrons. The third kappa shape index (κ3) is 2.87. The number of hydrogen-bond acceptors (Lipinski definition) is 3. The Balaban J connectivity index is 1.98. The van der Waals surface area contributed by atoms with Gasteiger partial charge in [0.15, 0.2) is 0 Å². The monoisotopic (exact) mass is 282 g/mol. The smallest absolute Gasteiger partial charge is 0.129 e. The molecule has 0 unspecified atom stereocenters. The number of ether oxygens (including phenoxy) is 1. The highest BCUT2D eigenvalue weighted by atomic mass is 16.5. The van der Waals surface area contributed by atoms with Crippen LogP contribution in [0.2, 0.25) is 0 Å². The van der Waals surface area contributed by atoms with Gasteiger partial charge in [-0.05, 0) is 30.9 Å². The van der Waals surface area contributed by atoms with E-state index in [2.05, 4.69) is 60.6 Å². The molecule has 1 atom stereocenters. The van der Waals surface area contributed by atoms with Crippen molar-refractivity contribution in [1.29, 1.82) is 0 Å². The summed E-state index contributed by atoms with van der Waals surface area (Å²) in [6.07, 6.45) is 2.23. The van der Waals surface area contributed by atoms with Gasteiger partial charge in [0.1, 0.15) is 11.6 Å². The average Bonchev–Trinajstić information content (AvgIpc) is 2.94. The summed E-state index contributed by atoms with van der Waals surface area (Å²) in [5, 5.41) is 5.81. The third-order valence-electron chi connectivity index (χ3n) is 3.80. The van der Waals surface area contributed by atoms with Gasteiger partial charge in [0, 0.05) is 17.0 Å². The molecule has 3 heteroatoms. The van der Waals surface area contributed by atoms with Crippen LogP contribution in [0.1, 0.15) is 32.3 Å². The minimum absolute atomic E-state index is 0.416. The summed E-state index contributed by atoms with van der Waals surface area (Å²) in [6, 6.07) is 13.0. The summed E-state index contributed by atoms with van der Waals surface area (Å²) >= 11 is 0. The van der Waals surface area contributed by atoms with E-state index in [-0.39, 0.29) is 0 Å². The fourth-order valence-electron chi connectivity index (χ4n) is 2.65. The van der Waals surface area contributed by atoms with Gasteiger partial charge in [0.25, 0.3) is 0 Å². The molecule has 0 aromatic heterocycles. The lowest BCUT2D eigenvalue weighted by Crippen LogP contribution is -2.27. The van der Waals surface area contributed by atoms with Crippen LogP contribution < -0.4 is 10.1 Å². The molecule has 1 heterocycles. The van der Waals surface area contributed by atoms with E-state index in [0.29, 0.717) is 6.04 Å². The zero-order valence-corrected chi connectivity index (χ0v) is 12.7. The van der Waals surface area contributed by atoms with Crippen LogP contribution in [0.4, 0.5) is 0 Å². The molecule has 0 bridgehead atoms. The lowest BCUT2D eigenvalue weighted by molar-refractivity contribution is 0.313. The Kier molecular flexibility index (Phi) is 4.09. The van der Waals surface area contributed by atoms with Crippen molar-refractivity contribution < 1.29 is 4.74 Å². The molecule has 1 N–H and O–H groups in total. The quantitative estimate of drug-likeness (QED) is 0.847. The predicted molar refractivity (Wildman–Crippen MR) is 88.4 cm³/mol. The molecule has 0 spiro atoms. The van der Waals surface area contributed by atoms with Gasteiger partial charge in [0.2, 0.25) is 0 Å².